The summed E-state index contributed by atoms with van der Waals surface area (Å²) in [5, 5.41) is 0.689. The summed E-state index contributed by atoms with van der Waals surface area (Å²) in [5.74, 6) is -0.797. The van der Waals surface area contributed by atoms with Crippen molar-refractivity contribution in [2.45, 2.75) is 32.4 Å². The zero-order chi connectivity index (χ0) is 17.3. The molecule has 0 saturated carbocycles. The van der Waals surface area contributed by atoms with Crippen LogP contribution in [0.2, 0.25) is 0 Å². The maximum Gasteiger partial charge on any atom is 0.406 e. The maximum absolute atomic E-state index is 12.8. The Morgan fingerprint density at radius 2 is 1.91 bits per heavy atom. The molecule has 0 aliphatic carbocycles. The van der Waals surface area contributed by atoms with E-state index in [0.717, 1.165) is 11.3 Å². The van der Waals surface area contributed by atoms with Crippen LogP contribution in [0.4, 0.5) is 19.0 Å². The number of thiazole rings is 1. The minimum Gasteiger partial charge on any atom is -0.283 e. The molecule has 0 aromatic carbocycles. The van der Waals surface area contributed by atoms with Crippen LogP contribution < -0.4 is 4.90 Å². The van der Waals surface area contributed by atoms with Crippen LogP contribution in [0.15, 0.2) is 30.6 Å². The number of carbonyl (C=O) groups is 1. The van der Waals surface area contributed by atoms with E-state index in [4.69, 9.17) is 0 Å². The van der Waals surface area contributed by atoms with Gasteiger partial charge in [-0.25, -0.2) is 9.97 Å². The number of nitrogens with zero attached hydrogens (tertiary/aromatic N) is 3. The van der Waals surface area contributed by atoms with E-state index >= 15 is 0 Å². The summed E-state index contributed by atoms with van der Waals surface area (Å²) in [6, 6.07) is 4.48. The maximum atomic E-state index is 12.8. The standard InChI is InChI=1S/C15H16F3N3OS/c1-14(2,3)13-20-8-10(23-13)12(22)21(9-15(16,17)18)11-6-4-5-7-19-11/h4-8H,9H2,1-3H3. The summed E-state index contributed by atoms with van der Waals surface area (Å²) in [6.07, 6.45) is -1.86. The Kier molecular flexibility index (Phi) is 4.74. The summed E-state index contributed by atoms with van der Waals surface area (Å²) in [5.41, 5.74) is -0.275. The predicted octanol–water partition coefficient (Wildman–Crippen LogP) is 4.04. The van der Waals surface area contributed by atoms with Gasteiger partial charge in [-0.15, -0.1) is 11.3 Å². The number of pyridine rings is 1. The van der Waals surface area contributed by atoms with Crippen LogP contribution in [0.1, 0.15) is 35.5 Å². The zero-order valence-electron chi connectivity index (χ0n) is 12.9. The fraction of sp³-hybridized carbons (Fsp3) is 0.400. The van der Waals surface area contributed by atoms with Gasteiger partial charge in [0.05, 0.1) is 11.2 Å². The van der Waals surface area contributed by atoms with Crippen molar-refractivity contribution in [1.82, 2.24) is 9.97 Å². The molecule has 0 saturated heterocycles. The third kappa shape index (κ3) is 4.51. The molecule has 0 unspecified atom stereocenters. The van der Waals surface area contributed by atoms with Crippen molar-refractivity contribution < 1.29 is 18.0 Å². The Hall–Kier alpha value is -1.96. The lowest BCUT2D eigenvalue weighted by Crippen LogP contribution is -2.39. The van der Waals surface area contributed by atoms with Crippen LogP contribution in [-0.2, 0) is 5.41 Å². The minimum absolute atomic E-state index is 0.0412. The van der Waals surface area contributed by atoms with Crippen molar-refractivity contribution in [3.05, 3.63) is 40.5 Å². The zero-order valence-corrected chi connectivity index (χ0v) is 13.7. The molecule has 0 aliphatic rings. The van der Waals surface area contributed by atoms with Crippen LogP contribution in [0, 0.1) is 0 Å². The van der Waals surface area contributed by atoms with Gasteiger partial charge >= 0.3 is 6.18 Å². The van der Waals surface area contributed by atoms with Gasteiger partial charge in [0.2, 0.25) is 0 Å². The number of anilines is 1. The van der Waals surface area contributed by atoms with E-state index < -0.39 is 18.6 Å². The Bertz CT molecular complexity index is 677. The van der Waals surface area contributed by atoms with Crippen molar-refractivity contribution in [3.8, 4) is 0 Å². The molecule has 2 aromatic heterocycles. The first-order valence-electron chi connectivity index (χ1n) is 6.84. The Morgan fingerprint density at radius 3 is 2.39 bits per heavy atom. The average Bonchev–Trinajstić information content (AvgIpc) is 2.94. The van der Waals surface area contributed by atoms with E-state index in [1.165, 1.54) is 24.5 Å². The van der Waals surface area contributed by atoms with Gasteiger partial charge in [-0.05, 0) is 12.1 Å². The molecule has 0 fully saturated rings. The molecular weight excluding hydrogens is 327 g/mol. The van der Waals surface area contributed by atoms with Gasteiger partial charge in [-0.2, -0.15) is 13.2 Å². The summed E-state index contributed by atoms with van der Waals surface area (Å²) in [4.78, 5) is 21.3. The number of aromatic nitrogens is 2. The Morgan fingerprint density at radius 1 is 1.22 bits per heavy atom. The highest BCUT2D eigenvalue weighted by atomic mass is 32.1. The van der Waals surface area contributed by atoms with Crippen molar-refractivity contribution in [2.75, 3.05) is 11.4 Å². The van der Waals surface area contributed by atoms with Crippen molar-refractivity contribution >= 4 is 23.1 Å². The molecule has 0 radical (unpaired) electrons. The molecule has 2 aromatic rings. The summed E-state index contributed by atoms with van der Waals surface area (Å²) in [7, 11) is 0. The van der Waals surface area contributed by atoms with Gasteiger partial charge in [0, 0.05) is 11.6 Å². The monoisotopic (exact) mass is 343 g/mol. The van der Waals surface area contributed by atoms with Gasteiger partial charge in [-0.3, -0.25) is 9.69 Å². The minimum atomic E-state index is -4.52. The molecule has 1 amide bonds. The number of amides is 1. The molecule has 2 heterocycles. The number of hydrogen-bond acceptors (Lipinski definition) is 4. The van der Waals surface area contributed by atoms with E-state index in [2.05, 4.69) is 9.97 Å². The van der Waals surface area contributed by atoms with Crippen molar-refractivity contribution in [1.29, 1.82) is 0 Å². The lowest BCUT2D eigenvalue weighted by Gasteiger charge is -2.22. The summed E-state index contributed by atoms with van der Waals surface area (Å²) < 4.78 is 38.5. The SMILES string of the molecule is CC(C)(C)c1ncc(C(=O)N(CC(F)(F)F)c2ccccn2)s1. The van der Waals surface area contributed by atoms with Crippen LogP contribution in [0.25, 0.3) is 0 Å². The molecule has 8 heteroatoms. The summed E-state index contributed by atoms with van der Waals surface area (Å²) in [6.45, 7) is 4.37. The van der Waals surface area contributed by atoms with Gasteiger partial charge in [0.15, 0.2) is 0 Å². The first-order chi connectivity index (χ1) is 10.6. The van der Waals surface area contributed by atoms with Gasteiger partial charge < -0.3 is 0 Å². The highest BCUT2D eigenvalue weighted by Gasteiger charge is 2.35. The van der Waals surface area contributed by atoms with Crippen LogP contribution in [-0.4, -0.2) is 28.6 Å². The third-order valence-corrected chi connectivity index (χ3v) is 4.28. The average molecular weight is 343 g/mol. The highest BCUT2D eigenvalue weighted by Crippen LogP contribution is 2.29. The quantitative estimate of drug-likeness (QED) is 0.845. The molecule has 124 valence electrons. The number of carbonyl (C=O) groups excluding carboxylic acids is 1. The molecule has 2 rings (SSSR count). The largest absolute Gasteiger partial charge is 0.406 e. The topological polar surface area (TPSA) is 46.1 Å². The van der Waals surface area contributed by atoms with E-state index in [1.807, 2.05) is 20.8 Å². The fourth-order valence-corrected chi connectivity index (χ4v) is 2.73. The lowest BCUT2D eigenvalue weighted by atomic mass is 9.98. The first-order valence-corrected chi connectivity index (χ1v) is 7.65. The first kappa shape index (κ1) is 17.4. The van der Waals surface area contributed by atoms with Crippen molar-refractivity contribution in [2.24, 2.45) is 0 Å². The molecule has 0 aliphatic heterocycles. The van der Waals surface area contributed by atoms with Crippen molar-refractivity contribution in [3.63, 3.8) is 0 Å². The number of halogens is 3. The molecule has 23 heavy (non-hydrogen) atoms. The second kappa shape index (κ2) is 6.27. The smallest absolute Gasteiger partial charge is 0.283 e. The van der Waals surface area contributed by atoms with E-state index in [-0.39, 0.29) is 16.1 Å². The highest BCUT2D eigenvalue weighted by molar-refractivity contribution is 7.13. The predicted molar refractivity (Wildman–Crippen MR) is 82.8 cm³/mol. The second-order valence-corrected chi connectivity index (χ2v) is 7.00. The van der Waals surface area contributed by atoms with Gasteiger partial charge in [-0.1, -0.05) is 26.8 Å². The Labute approximate surface area is 136 Å². The molecule has 0 N–H and O–H groups in total. The number of rotatable bonds is 3. The lowest BCUT2D eigenvalue weighted by molar-refractivity contribution is -0.118. The molecular formula is C15H16F3N3OS. The fourth-order valence-electron chi connectivity index (χ4n) is 1.80. The van der Waals surface area contributed by atoms with Crippen LogP contribution >= 0.6 is 11.3 Å². The second-order valence-electron chi connectivity index (χ2n) is 5.97. The molecule has 0 spiro atoms. The number of alkyl halides is 3. The third-order valence-electron chi connectivity index (χ3n) is 2.87. The number of hydrogen-bond donors (Lipinski definition) is 0. The Balaban J connectivity index is 2.35. The van der Waals surface area contributed by atoms with E-state index in [0.29, 0.717) is 9.91 Å². The summed E-state index contributed by atoms with van der Waals surface area (Å²) >= 11 is 1.10. The van der Waals surface area contributed by atoms with Gasteiger partial charge in [0.25, 0.3) is 5.91 Å². The van der Waals surface area contributed by atoms with Crippen LogP contribution in [0.3, 0.4) is 0 Å². The van der Waals surface area contributed by atoms with Crippen LogP contribution in [0.5, 0.6) is 0 Å². The molecule has 0 atom stereocenters. The van der Waals surface area contributed by atoms with Gasteiger partial charge in [0.1, 0.15) is 17.2 Å². The molecule has 4 nitrogen and oxygen atoms in total. The van der Waals surface area contributed by atoms with E-state index in [9.17, 15) is 18.0 Å². The normalized spacial score (nSPS) is 12.3. The van der Waals surface area contributed by atoms with E-state index in [1.54, 1.807) is 6.07 Å². The molecule has 0 bridgehead atoms.